The van der Waals surface area contributed by atoms with Crippen molar-refractivity contribution < 1.29 is 14.6 Å². The molecule has 0 radical (unpaired) electrons. The van der Waals surface area contributed by atoms with Crippen molar-refractivity contribution in [1.29, 1.82) is 0 Å². The lowest BCUT2D eigenvalue weighted by molar-refractivity contribution is 0.0720. The second-order valence-corrected chi connectivity index (χ2v) is 6.91. The number of nitrogens with zero attached hydrogens (tertiary/aromatic N) is 3. The summed E-state index contributed by atoms with van der Waals surface area (Å²) >= 11 is 0. The molecule has 4 rings (SSSR count). The largest absolute Gasteiger partial charge is 0.504 e. The van der Waals surface area contributed by atoms with Crippen LogP contribution in [-0.4, -0.2) is 38.8 Å². The standard InChI is InChI=1S/C22H23N3O3/c1-3-25-19(8-9-23-25)22(27)24-10-11-28-21-17(14-24)12-16(13-20(21)26)18-7-5-4-6-15(18)2/h4-9,12-13,26H,3,10-11,14H2,1-2H3. The maximum Gasteiger partial charge on any atom is 0.272 e. The van der Waals surface area contributed by atoms with Gasteiger partial charge in [0.05, 0.1) is 6.54 Å². The Bertz CT molecular complexity index is 1030. The number of carbonyl (C=O) groups excluding carboxylic acids is 1. The van der Waals surface area contributed by atoms with Crippen LogP contribution in [0.2, 0.25) is 0 Å². The topological polar surface area (TPSA) is 67.6 Å². The van der Waals surface area contributed by atoms with Crippen molar-refractivity contribution in [3.8, 4) is 22.6 Å². The van der Waals surface area contributed by atoms with E-state index in [0.717, 1.165) is 22.3 Å². The van der Waals surface area contributed by atoms with Gasteiger partial charge in [0, 0.05) is 24.8 Å². The fraction of sp³-hybridized carbons (Fsp3) is 0.273. The molecule has 144 valence electrons. The minimum Gasteiger partial charge on any atom is -0.504 e. The predicted octanol–water partition coefficient (Wildman–Crippen LogP) is 3.62. The minimum absolute atomic E-state index is 0.0865. The molecule has 1 aliphatic rings. The number of amides is 1. The number of benzene rings is 2. The summed E-state index contributed by atoms with van der Waals surface area (Å²) in [5, 5.41) is 14.8. The minimum atomic E-state index is -0.0865. The van der Waals surface area contributed by atoms with Crippen LogP contribution >= 0.6 is 0 Å². The average molecular weight is 377 g/mol. The fourth-order valence-electron chi connectivity index (χ4n) is 3.65. The number of fused-ring (bicyclic) bond motifs is 1. The van der Waals surface area contributed by atoms with Crippen LogP contribution in [0.5, 0.6) is 11.5 Å². The molecular formula is C22H23N3O3. The SMILES string of the molecule is CCn1nccc1C(=O)N1CCOc2c(O)cc(-c3ccccc3C)cc2C1. The lowest BCUT2D eigenvalue weighted by Gasteiger charge is -2.20. The molecule has 0 spiro atoms. The first-order valence-electron chi connectivity index (χ1n) is 9.44. The van der Waals surface area contributed by atoms with Crippen molar-refractivity contribution in [3.05, 3.63) is 65.5 Å². The third-order valence-electron chi connectivity index (χ3n) is 5.09. The molecule has 0 saturated carbocycles. The number of phenols is 1. The molecule has 0 fully saturated rings. The zero-order chi connectivity index (χ0) is 19.7. The Hall–Kier alpha value is -3.28. The first-order chi connectivity index (χ1) is 13.6. The number of aryl methyl sites for hydroxylation is 2. The summed E-state index contributed by atoms with van der Waals surface area (Å²) in [5.74, 6) is 0.469. The van der Waals surface area contributed by atoms with Crippen LogP contribution in [0, 0.1) is 6.92 Å². The molecule has 28 heavy (non-hydrogen) atoms. The van der Waals surface area contributed by atoms with Crippen molar-refractivity contribution >= 4 is 5.91 Å². The van der Waals surface area contributed by atoms with Crippen LogP contribution in [0.25, 0.3) is 11.1 Å². The monoisotopic (exact) mass is 377 g/mol. The van der Waals surface area contributed by atoms with Gasteiger partial charge < -0.3 is 14.7 Å². The fourth-order valence-corrected chi connectivity index (χ4v) is 3.65. The number of ether oxygens (including phenoxy) is 1. The molecule has 1 amide bonds. The number of phenolic OH excluding ortho intramolecular Hbond substituents is 1. The Morgan fingerprint density at radius 2 is 2.07 bits per heavy atom. The van der Waals surface area contributed by atoms with E-state index in [4.69, 9.17) is 4.74 Å². The molecule has 0 unspecified atom stereocenters. The highest BCUT2D eigenvalue weighted by atomic mass is 16.5. The molecule has 2 heterocycles. The van der Waals surface area contributed by atoms with Gasteiger partial charge in [-0.3, -0.25) is 9.48 Å². The highest BCUT2D eigenvalue weighted by Gasteiger charge is 2.25. The number of hydrogen-bond donors (Lipinski definition) is 1. The van der Waals surface area contributed by atoms with Crippen LogP contribution in [0.15, 0.2) is 48.7 Å². The molecule has 0 atom stereocenters. The highest BCUT2D eigenvalue weighted by molar-refractivity contribution is 5.92. The summed E-state index contributed by atoms with van der Waals surface area (Å²) in [6.07, 6.45) is 1.64. The molecule has 0 bridgehead atoms. The Balaban J connectivity index is 1.71. The van der Waals surface area contributed by atoms with E-state index < -0.39 is 0 Å². The number of rotatable bonds is 3. The Morgan fingerprint density at radius 3 is 2.86 bits per heavy atom. The second-order valence-electron chi connectivity index (χ2n) is 6.91. The van der Waals surface area contributed by atoms with Gasteiger partial charge in [-0.15, -0.1) is 0 Å². The number of hydrogen-bond acceptors (Lipinski definition) is 4. The average Bonchev–Trinajstić information content (AvgIpc) is 3.06. The van der Waals surface area contributed by atoms with Gasteiger partial charge >= 0.3 is 0 Å². The summed E-state index contributed by atoms with van der Waals surface area (Å²) in [4.78, 5) is 14.8. The zero-order valence-corrected chi connectivity index (χ0v) is 16.1. The van der Waals surface area contributed by atoms with Crippen molar-refractivity contribution in [1.82, 2.24) is 14.7 Å². The van der Waals surface area contributed by atoms with Gasteiger partial charge in [-0.25, -0.2) is 0 Å². The molecule has 6 nitrogen and oxygen atoms in total. The van der Waals surface area contributed by atoms with Gasteiger partial charge in [-0.1, -0.05) is 24.3 Å². The van der Waals surface area contributed by atoms with Crippen molar-refractivity contribution in [2.24, 2.45) is 0 Å². The van der Waals surface area contributed by atoms with E-state index in [9.17, 15) is 9.90 Å². The molecule has 1 N–H and O–H groups in total. The first kappa shape index (κ1) is 18.1. The third kappa shape index (κ3) is 3.22. The molecule has 2 aromatic carbocycles. The van der Waals surface area contributed by atoms with Crippen LogP contribution in [0.3, 0.4) is 0 Å². The molecule has 0 aliphatic carbocycles. The Morgan fingerprint density at radius 1 is 1.25 bits per heavy atom. The van der Waals surface area contributed by atoms with Crippen LogP contribution in [0.4, 0.5) is 0 Å². The van der Waals surface area contributed by atoms with Gasteiger partial charge in [-0.05, 0) is 48.7 Å². The maximum absolute atomic E-state index is 13.0. The number of aromatic nitrogens is 2. The zero-order valence-electron chi connectivity index (χ0n) is 16.1. The van der Waals surface area contributed by atoms with Gasteiger partial charge in [0.1, 0.15) is 12.3 Å². The molecular weight excluding hydrogens is 354 g/mol. The van der Waals surface area contributed by atoms with E-state index in [-0.39, 0.29) is 11.7 Å². The Labute approximate surface area is 164 Å². The van der Waals surface area contributed by atoms with Crippen LogP contribution in [-0.2, 0) is 13.1 Å². The second kappa shape index (κ2) is 7.38. The van der Waals surface area contributed by atoms with E-state index in [1.54, 1.807) is 27.9 Å². The van der Waals surface area contributed by atoms with Crippen molar-refractivity contribution in [3.63, 3.8) is 0 Å². The number of aromatic hydroxyl groups is 1. The Kier molecular flexibility index (Phi) is 4.77. The summed E-state index contributed by atoms with van der Waals surface area (Å²) in [5.41, 5.74) is 4.44. The maximum atomic E-state index is 13.0. The third-order valence-corrected chi connectivity index (χ3v) is 5.09. The summed E-state index contributed by atoms with van der Waals surface area (Å²) in [7, 11) is 0. The molecule has 3 aromatic rings. The van der Waals surface area contributed by atoms with E-state index in [1.165, 1.54) is 0 Å². The summed E-state index contributed by atoms with van der Waals surface area (Å²) in [6.45, 7) is 5.77. The summed E-state index contributed by atoms with van der Waals surface area (Å²) < 4.78 is 7.48. The normalized spacial score (nSPS) is 13.6. The number of carbonyl (C=O) groups is 1. The van der Waals surface area contributed by atoms with E-state index in [1.807, 2.05) is 44.2 Å². The first-order valence-corrected chi connectivity index (χ1v) is 9.44. The quantitative estimate of drug-likeness (QED) is 0.757. The smallest absolute Gasteiger partial charge is 0.272 e. The van der Waals surface area contributed by atoms with Gasteiger partial charge in [0.2, 0.25) is 0 Å². The van der Waals surface area contributed by atoms with Gasteiger partial charge in [-0.2, -0.15) is 5.10 Å². The van der Waals surface area contributed by atoms with E-state index in [0.29, 0.717) is 37.7 Å². The highest BCUT2D eigenvalue weighted by Crippen LogP contribution is 2.38. The molecule has 1 aromatic heterocycles. The summed E-state index contributed by atoms with van der Waals surface area (Å²) in [6, 6.07) is 13.5. The lowest BCUT2D eigenvalue weighted by Crippen LogP contribution is -2.34. The molecule has 0 saturated heterocycles. The lowest BCUT2D eigenvalue weighted by atomic mass is 9.98. The van der Waals surface area contributed by atoms with Crippen molar-refractivity contribution in [2.45, 2.75) is 26.9 Å². The van der Waals surface area contributed by atoms with Crippen LogP contribution in [0.1, 0.15) is 28.5 Å². The van der Waals surface area contributed by atoms with Gasteiger partial charge in [0.25, 0.3) is 5.91 Å². The van der Waals surface area contributed by atoms with E-state index in [2.05, 4.69) is 5.10 Å². The predicted molar refractivity (Wildman–Crippen MR) is 106 cm³/mol. The molecule has 6 heteroatoms. The molecule has 1 aliphatic heterocycles. The van der Waals surface area contributed by atoms with Crippen LogP contribution < -0.4 is 4.74 Å². The van der Waals surface area contributed by atoms with Gasteiger partial charge in [0.15, 0.2) is 11.5 Å². The van der Waals surface area contributed by atoms with Crippen molar-refractivity contribution in [2.75, 3.05) is 13.2 Å². The van der Waals surface area contributed by atoms with E-state index >= 15 is 0 Å².